The van der Waals surface area contributed by atoms with E-state index in [1.807, 2.05) is 0 Å². The quantitative estimate of drug-likeness (QED) is 0.688. The normalized spacial score (nSPS) is 31.1. The molecule has 2 N–H and O–H groups in total. The summed E-state index contributed by atoms with van der Waals surface area (Å²) in [6.45, 7) is 5.96. The fourth-order valence-corrected chi connectivity index (χ4v) is 2.34. The van der Waals surface area contributed by atoms with E-state index in [1.54, 1.807) is 0 Å². The summed E-state index contributed by atoms with van der Waals surface area (Å²) < 4.78 is 0. The zero-order valence-corrected chi connectivity index (χ0v) is 9.46. The van der Waals surface area contributed by atoms with Crippen molar-refractivity contribution < 1.29 is 4.79 Å². The molecule has 2 atom stereocenters. The van der Waals surface area contributed by atoms with Gasteiger partial charge in [-0.3, -0.25) is 4.79 Å². The molecule has 0 bridgehead atoms. The molecule has 0 aromatic heterocycles. The molecule has 2 saturated heterocycles. The van der Waals surface area contributed by atoms with Gasteiger partial charge in [-0.1, -0.05) is 13.3 Å². The zero-order chi connectivity index (χ0) is 10.7. The monoisotopic (exact) mass is 211 g/mol. The first-order valence-electron chi connectivity index (χ1n) is 6.07. The maximum Gasteiger partial charge on any atom is 0.240 e. The number of amides is 1. The van der Waals surface area contributed by atoms with E-state index in [0.29, 0.717) is 11.9 Å². The van der Waals surface area contributed by atoms with E-state index in [2.05, 4.69) is 22.5 Å². The van der Waals surface area contributed by atoms with Crippen molar-refractivity contribution in [3.8, 4) is 0 Å². The Kier molecular flexibility index (Phi) is 3.59. The molecule has 0 aromatic carbocycles. The first-order valence-corrected chi connectivity index (χ1v) is 6.07. The molecule has 2 rings (SSSR count). The van der Waals surface area contributed by atoms with Gasteiger partial charge in [0.1, 0.15) is 0 Å². The Labute approximate surface area is 91.4 Å². The lowest BCUT2D eigenvalue weighted by atomic mass is 10.0. The molecule has 4 nitrogen and oxygen atoms in total. The molecule has 0 radical (unpaired) electrons. The lowest BCUT2D eigenvalue weighted by molar-refractivity contribution is -0.138. The van der Waals surface area contributed by atoms with Crippen molar-refractivity contribution in [2.24, 2.45) is 0 Å². The summed E-state index contributed by atoms with van der Waals surface area (Å²) in [7, 11) is 0. The van der Waals surface area contributed by atoms with Crippen LogP contribution in [-0.2, 0) is 4.79 Å². The third kappa shape index (κ3) is 2.32. The molecular formula is C11H21N3O. The summed E-state index contributed by atoms with van der Waals surface area (Å²) in [6.07, 6.45) is 3.28. The number of hydrogen-bond donors (Lipinski definition) is 2. The number of carbonyl (C=O) groups is 1. The van der Waals surface area contributed by atoms with E-state index >= 15 is 0 Å². The maximum absolute atomic E-state index is 12.1. The maximum atomic E-state index is 12.1. The van der Waals surface area contributed by atoms with E-state index in [9.17, 15) is 4.79 Å². The van der Waals surface area contributed by atoms with E-state index < -0.39 is 0 Å². The van der Waals surface area contributed by atoms with Crippen LogP contribution in [0.2, 0.25) is 0 Å². The van der Waals surface area contributed by atoms with Crippen LogP contribution in [0.4, 0.5) is 0 Å². The molecular weight excluding hydrogens is 190 g/mol. The highest BCUT2D eigenvalue weighted by atomic mass is 16.2. The number of rotatable bonds is 3. The largest absolute Gasteiger partial charge is 0.336 e. The molecule has 15 heavy (non-hydrogen) atoms. The lowest BCUT2D eigenvalue weighted by Crippen LogP contribution is -2.61. The predicted octanol–water partition coefficient (Wildman–Crippen LogP) is -0.0512. The van der Waals surface area contributed by atoms with Crippen LogP contribution >= 0.6 is 0 Å². The molecule has 0 aliphatic carbocycles. The van der Waals surface area contributed by atoms with Crippen molar-refractivity contribution in [3.05, 3.63) is 0 Å². The first kappa shape index (κ1) is 10.9. The van der Waals surface area contributed by atoms with Crippen LogP contribution in [0.1, 0.15) is 26.2 Å². The van der Waals surface area contributed by atoms with Crippen LogP contribution in [-0.4, -0.2) is 49.1 Å². The SMILES string of the molecule is CCCC1CNCCN1C(=O)[C@H]1CCN1. The van der Waals surface area contributed by atoms with Gasteiger partial charge in [-0.2, -0.15) is 0 Å². The molecule has 1 amide bonds. The first-order chi connectivity index (χ1) is 7.33. The minimum Gasteiger partial charge on any atom is -0.336 e. The second kappa shape index (κ2) is 4.94. The second-order valence-corrected chi connectivity index (χ2v) is 4.47. The number of piperazine rings is 1. The van der Waals surface area contributed by atoms with Gasteiger partial charge in [-0.15, -0.1) is 0 Å². The molecule has 0 spiro atoms. The molecule has 4 heteroatoms. The minimum atomic E-state index is 0.113. The molecule has 0 saturated carbocycles. The van der Waals surface area contributed by atoms with Crippen LogP contribution in [0, 0.1) is 0 Å². The zero-order valence-electron chi connectivity index (χ0n) is 9.46. The van der Waals surface area contributed by atoms with Gasteiger partial charge in [0.15, 0.2) is 0 Å². The van der Waals surface area contributed by atoms with Crippen LogP contribution in [0.3, 0.4) is 0 Å². The minimum absolute atomic E-state index is 0.113. The van der Waals surface area contributed by atoms with Gasteiger partial charge in [0.2, 0.25) is 5.91 Å². The predicted molar refractivity (Wildman–Crippen MR) is 59.7 cm³/mol. The summed E-state index contributed by atoms with van der Waals surface area (Å²) in [5, 5.41) is 6.56. The number of carbonyl (C=O) groups excluding carboxylic acids is 1. The van der Waals surface area contributed by atoms with Gasteiger partial charge in [-0.05, 0) is 19.4 Å². The van der Waals surface area contributed by atoms with E-state index in [1.165, 1.54) is 0 Å². The molecule has 0 aromatic rings. The topological polar surface area (TPSA) is 44.4 Å². The Morgan fingerprint density at radius 3 is 2.87 bits per heavy atom. The molecule has 2 aliphatic heterocycles. The van der Waals surface area contributed by atoms with Gasteiger partial charge in [0, 0.05) is 25.7 Å². The van der Waals surface area contributed by atoms with Crippen LogP contribution < -0.4 is 10.6 Å². The third-order valence-corrected chi connectivity index (χ3v) is 3.38. The van der Waals surface area contributed by atoms with Gasteiger partial charge < -0.3 is 15.5 Å². The summed E-state index contributed by atoms with van der Waals surface area (Å²) in [6, 6.07) is 0.529. The number of nitrogens with one attached hydrogen (secondary N) is 2. The number of nitrogens with zero attached hydrogens (tertiary/aromatic N) is 1. The molecule has 2 aliphatic rings. The van der Waals surface area contributed by atoms with E-state index in [4.69, 9.17) is 0 Å². The van der Waals surface area contributed by atoms with Crippen molar-refractivity contribution in [2.45, 2.75) is 38.3 Å². The molecule has 86 valence electrons. The molecule has 2 fully saturated rings. The van der Waals surface area contributed by atoms with Crippen molar-refractivity contribution in [3.63, 3.8) is 0 Å². The Bertz CT molecular complexity index is 226. The van der Waals surface area contributed by atoms with Gasteiger partial charge in [0.05, 0.1) is 6.04 Å². The average molecular weight is 211 g/mol. The summed E-state index contributed by atoms with van der Waals surface area (Å²) in [5.41, 5.74) is 0. The standard InChI is InChI=1S/C11H21N3O/c1-2-3-9-8-12-6-7-14(9)11(15)10-4-5-13-10/h9-10,12-13H,2-8H2,1H3/t9?,10-/m1/s1. The molecule has 2 heterocycles. The Morgan fingerprint density at radius 2 is 2.27 bits per heavy atom. The smallest absolute Gasteiger partial charge is 0.240 e. The highest BCUT2D eigenvalue weighted by Gasteiger charge is 2.33. The second-order valence-electron chi connectivity index (χ2n) is 4.47. The van der Waals surface area contributed by atoms with Crippen molar-refractivity contribution in [1.29, 1.82) is 0 Å². The van der Waals surface area contributed by atoms with Gasteiger partial charge >= 0.3 is 0 Å². The third-order valence-electron chi connectivity index (χ3n) is 3.38. The van der Waals surface area contributed by atoms with Crippen LogP contribution in [0.15, 0.2) is 0 Å². The lowest BCUT2D eigenvalue weighted by Gasteiger charge is -2.40. The Balaban J connectivity index is 1.93. The van der Waals surface area contributed by atoms with E-state index in [0.717, 1.165) is 45.4 Å². The van der Waals surface area contributed by atoms with Gasteiger partial charge in [0.25, 0.3) is 0 Å². The van der Waals surface area contributed by atoms with Crippen LogP contribution in [0.5, 0.6) is 0 Å². The van der Waals surface area contributed by atoms with Crippen molar-refractivity contribution >= 4 is 5.91 Å². The summed E-state index contributed by atoms with van der Waals surface area (Å²) >= 11 is 0. The Hall–Kier alpha value is -0.610. The molecule has 1 unspecified atom stereocenters. The Morgan fingerprint density at radius 1 is 1.47 bits per heavy atom. The fraction of sp³-hybridized carbons (Fsp3) is 0.909. The van der Waals surface area contributed by atoms with Crippen molar-refractivity contribution in [2.75, 3.05) is 26.2 Å². The van der Waals surface area contributed by atoms with Crippen molar-refractivity contribution in [1.82, 2.24) is 15.5 Å². The summed E-state index contributed by atoms with van der Waals surface area (Å²) in [4.78, 5) is 14.2. The fourth-order valence-electron chi connectivity index (χ4n) is 2.34. The summed E-state index contributed by atoms with van der Waals surface area (Å²) in [5.74, 6) is 0.321. The highest BCUT2D eigenvalue weighted by molar-refractivity contribution is 5.83. The highest BCUT2D eigenvalue weighted by Crippen LogP contribution is 2.14. The van der Waals surface area contributed by atoms with Crippen LogP contribution in [0.25, 0.3) is 0 Å². The average Bonchev–Trinajstić information content (AvgIpc) is 2.16. The van der Waals surface area contributed by atoms with Gasteiger partial charge in [-0.25, -0.2) is 0 Å². The number of hydrogen-bond acceptors (Lipinski definition) is 3. The van der Waals surface area contributed by atoms with E-state index in [-0.39, 0.29) is 6.04 Å².